The molecule has 0 aromatic heterocycles. The zero-order valence-electron chi connectivity index (χ0n) is 10.4. The fourth-order valence-electron chi connectivity index (χ4n) is 1.61. The van der Waals surface area contributed by atoms with Crippen LogP contribution in [0.3, 0.4) is 0 Å². The van der Waals surface area contributed by atoms with E-state index in [1.807, 2.05) is 0 Å². The molecule has 1 aromatic carbocycles. The van der Waals surface area contributed by atoms with Gasteiger partial charge in [0.05, 0.1) is 13.2 Å². The van der Waals surface area contributed by atoms with Gasteiger partial charge in [-0.25, -0.2) is 0 Å². The van der Waals surface area contributed by atoms with E-state index < -0.39 is 0 Å². The smallest absolute Gasteiger partial charge is 0.119 e. The molecular formula is C14H21NO2. The predicted molar refractivity (Wildman–Crippen MR) is 68.2 cm³/mol. The highest BCUT2D eigenvalue weighted by Gasteiger charge is 2.21. The topological polar surface area (TPSA) is 30.5 Å². The average molecular weight is 235 g/mol. The van der Waals surface area contributed by atoms with Crippen LogP contribution in [-0.4, -0.2) is 26.9 Å². The molecule has 3 heteroatoms. The first-order valence-corrected chi connectivity index (χ1v) is 6.30. The van der Waals surface area contributed by atoms with Crippen LogP contribution in [0.15, 0.2) is 24.3 Å². The molecular weight excluding hydrogens is 214 g/mol. The van der Waals surface area contributed by atoms with Crippen molar-refractivity contribution >= 4 is 0 Å². The first kappa shape index (κ1) is 12.4. The van der Waals surface area contributed by atoms with Gasteiger partial charge in [-0.15, -0.1) is 0 Å². The molecule has 0 spiro atoms. The molecule has 1 saturated carbocycles. The fourth-order valence-corrected chi connectivity index (χ4v) is 1.61. The summed E-state index contributed by atoms with van der Waals surface area (Å²) in [4.78, 5) is 0. The van der Waals surface area contributed by atoms with Crippen LogP contribution in [0.2, 0.25) is 0 Å². The Bertz CT molecular complexity index is 319. The Morgan fingerprint density at radius 3 is 2.65 bits per heavy atom. The standard InChI is InChI=1S/C14H21NO2/c1-16-9-8-15-10-12-4-6-14(7-5-12)17-11-13-2-3-13/h4-7,13,15H,2-3,8-11H2,1H3. The molecule has 0 aliphatic heterocycles. The number of rotatable bonds is 8. The average Bonchev–Trinajstić information content (AvgIpc) is 3.18. The van der Waals surface area contributed by atoms with E-state index in [0.29, 0.717) is 0 Å². The van der Waals surface area contributed by atoms with Crippen molar-refractivity contribution < 1.29 is 9.47 Å². The quantitative estimate of drug-likeness (QED) is 0.701. The summed E-state index contributed by atoms with van der Waals surface area (Å²) in [5.41, 5.74) is 1.28. The molecule has 0 amide bonds. The van der Waals surface area contributed by atoms with E-state index in [0.717, 1.165) is 38.0 Å². The number of benzene rings is 1. The molecule has 0 bridgehead atoms. The van der Waals surface area contributed by atoms with Crippen molar-refractivity contribution in [1.29, 1.82) is 0 Å². The van der Waals surface area contributed by atoms with Gasteiger partial charge in [0.2, 0.25) is 0 Å². The van der Waals surface area contributed by atoms with Gasteiger partial charge in [-0.1, -0.05) is 12.1 Å². The number of ether oxygens (including phenoxy) is 2. The van der Waals surface area contributed by atoms with E-state index in [1.54, 1.807) is 7.11 Å². The lowest BCUT2D eigenvalue weighted by molar-refractivity contribution is 0.199. The lowest BCUT2D eigenvalue weighted by Crippen LogP contribution is -2.18. The van der Waals surface area contributed by atoms with Crippen molar-refractivity contribution in [3.8, 4) is 5.75 Å². The molecule has 0 radical (unpaired) electrons. The lowest BCUT2D eigenvalue weighted by Gasteiger charge is -2.07. The maximum atomic E-state index is 5.69. The molecule has 1 aliphatic rings. The Balaban J connectivity index is 1.68. The summed E-state index contributed by atoms with van der Waals surface area (Å²) in [5, 5.41) is 3.32. The monoisotopic (exact) mass is 235 g/mol. The Labute approximate surface area is 103 Å². The summed E-state index contributed by atoms with van der Waals surface area (Å²) < 4.78 is 10.7. The number of nitrogens with one attached hydrogen (secondary N) is 1. The lowest BCUT2D eigenvalue weighted by atomic mass is 10.2. The van der Waals surface area contributed by atoms with E-state index in [4.69, 9.17) is 9.47 Å². The maximum absolute atomic E-state index is 5.69. The molecule has 0 unspecified atom stereocenters. The third kappa shape index (κ3) is 4.75. The first-order valence-electron chi connectivity index (χ1n) is 6.30. The largest absolute Gasteiger partial charge is 0.493 e. The summed E-state index contributed by atoms with van der Waals surface area (Å²) in [7, 11) is 1.72. The number of hydrogen-bond acceptors (Lipinski definition) is 3. The van der Waals surface area contributed by atoms with Gasteiger partial charge < -0.3 is 14.8 Å². The van der Waals surface area contributed by atoms with Gasteiger partial charge >= 0.3 is 0 Å². The molecule has 3 nitrogen and oxygen atoms in total. The summed E-state index contributed by atoms with van der Waals surface area (Å²) in [6.07, 6.45) is 2.67. The van der Waals surface area contributed by atoms with E-state index in [1.165, 1.54) is 18.4 Å². The SMILES string of the molecule is COCCNCc1ccc(OCC2CC2)cc1. The normalized spacial score (nSPS) is 14.9. The number of methoxy groups -OCH3 is 1. The molecule has 1 aromatic rings. The van der Waals surface area contributed by atoms with Gasteiger partial charge in [0, 0.05) is 20.2 Å². The van der Waals surface area contributed by atoms with Crippen LogP contribution in [0, 0.1) is 5.92 Å². The van der Waals surface area contributed by atoms with Crippen LogP contribution in [0.25, 0.3) is 0 Å². The maximum Gasteiger partial charge on any atom is 0.119 e. The van der Waals surface area contributed by atoms with Crippen molar-refractivity contribution in [1.82, 2.24) is 5.32 Å². The molecule has 0 atom stereocenters. The van der Waals surface area contributed by atoms with Crippen molar-refractivity contribution in [2.45, 2.75) is 19.4 Å². The molecule has 1 fully saturated rings. The van der Waals surface area contributed by atoms with Gasteiger partial charge in [0.15, 0.2) is 0 Å². The molecule has 0 heterocycles. The van der Waals surface area contributed by atoms with Crippen LogP contribution >= 0.6 is 0 Å². The van der Waals surface area contributed by atoms with Gasteiger partial charge in [0.1, 0.15) is 5.75 Å². The Morgan fingerprint density at radius 2 is 2.00 bits per heavy atom. The van der Waals surface area contributed by atoms with Crippen molar-refractivity contribution in [3.05, 3.63) is 29.8 Å². The third-order valence-corrected chi connectivity index (χ3v) is 2.92. The molecule has 17 heavy (non-hydrogen) atoms. The minimum Gasteiger partial charge on any atom is -0.493 e. The van der Waals surface area contributed by atoms with Gasteiger partial charge in [-0.3, -0.25) is 0 Å². The van der Waals surface area contributed by atoms with Crippen LogP contribution in [0.4, 0.5) is 0 Å². The summed E-state index contributed by atoms with van der Waals surface area (Å²) in [6, 6.07) is 8.33. The van der Waals surface area contributed by atoms with Gasteiger partial charge in [0.25, 0.3) is 0 Å². The second-order valence-corrected chi connectivity index (χ2v) is 4.57. The zero-order chi connectivity index (χ0) is 11.9. The fraction of sp³-hybridized carbons (Fsp3) is 0.571. The number of hydrogen-bond donors (Lipinski definition) is 1. The molecule has 94 valence electrons. The summed E-state index contributed by atoms with van der Waals surface area (Å²) >= 11 is 0. The van der Waals surface area contributed by atoms with Crippen molar-refractivity contribution in [3.63, 3.8) is 0 Å². The van der Waals surface area contributed by atoms with E-state index >= 15 is 0 Å². The van der Waals surface area contributed by atoms with Crippen LogP contribution in [-0.2, 0) is 11.3 Å². The summed E-state index contributed by atoms with van der Waals surface area (Å²) in [5.74, 6) is 1.79. The minimum atomic E-state index is 0.753. The van der Waals surface area contributed by atoms with Crippen molar-refractivity contribution in [2.24, 2.45) is 5.92 Å². The zero-order valence-corrected chi connectivity index (χ0v) is 10.4. The minimum absolute atomic E-state index is 0.753. The second-order valence-electron chi connectivity index (χ2n) is 4.57. The third-order valence-electron chi connectivity index (χ3n) is 2.92. The molecule has 1 N–H and O–H groups in total. The highest BCUT2D eigenvalue weighted by molar-refractivity contribution is 5.27. The second kappa shape index (κ2) is 6.62. The van der Waals surface area contributed by atoms with E-state index in [-0.39, 0.29) is 0 Å². The highest BCUT2D eigenvalue weighted by atomic mass is 16.5. The first-order chi connectivity index (χ1) is 8.38. The van der Waals surface area contributed by atoms with Gasteiger partial charge in [-0.05, 0) is 36.5 Å². The summed E-state index contributed by atoms with van der Waals surface area (Å²) in [6.45, 7) is 3.40. The van der Waals surface area contributed by atoms with Crippen molar-refractivity contribution in [2.75, 3.05) is 26.9 Å². The van der Waals surface area contributed by atoms with Crippen LogP contribution in [0.5, 0.6) is 5.75 Å². The molecule has 1 aliphatic carbocycles. The molecule has 0 saturated heterocycles. The molecule has 2 rings (SSSR count). The van der Waals surface area contributed by atoms with E-state index in [2.05, 4.69) is 29.6 Å². The highest BCUT2D eigenvalue weighted by Crippen LogP contribution is 2.29. The Morgan fingerprint density at radius 1 is 1.24 bits per heavy atom. The predicted octanol–water partition coefficient (Wildman–Crippen LogP) is 2.21. The van der Waals surface area contributed by atoms with Crippen LogP contribution < -0.4 is 10.1 Å². The Hall–Kier alpha value is -1.06. The Kier molecular flexibility index (Phi) is 4.83. The van der Waals surface area contributed by atoms with E-state index in [9.17, 15) is 0 Å². The van der Waals surface area contributed by atoms with Crippen LogP contribution in [0.1, 0.15) is 18.4 Å². The van der Waals surface area contributed by atoms with Gasteiger partial charge in [-0.2, -0.15) is 0 Å².